The molecule has 4 nitrogen and oxygen atoms in total. The number of carbonyl (C=O) groups is 1. The molecule has 0 aromatic heterocycles. The van der Waals surface area contributed by atoms with Crippen molar-refractivity contribution < 1.29 is 9.90 Å². The maximum absolute atomic E-state index is 11.5. The zero-order valence-electron chi connectivity index (χ0n) is 9.61. The summed E-state index contributed by atoms with van der Waals surface area (Å²) >= 11 is 6.04. The summed E-state index contributed by atoms with van der Waals surface area (Å²) in [6.07, 6.45) is 0.573. The zero-order chi connectivity index (χ0) is 12.5. The molecule has 1 aliphatic heterocycles. The van der Waals surface area contributed by atoms with E-state index in [1.807, 2.05) is 24.1 Å². The second-order valence-electron chi connectivity index (χ2n) is 4.48. The van der Waals surface area contributed by atoms with E-state index in [2.05, 4.69) is 5.32 Å². The molecule has 1 aliphatic rings. The Morgan fingerprint density at radius 1 is 1.53 bits per heavy atom. The highest BCUT2D eigenvalue weighted by atomic mass is 35.5. The van der Waals surface area contributed by atoms with Crippen molar-refractivity contribution in [1.29, 1.82) is 0 Å². The lowest BCUT2D eigenvalue weighted by molar-refractivity contribution is -0.141. The van der Waals surface area contributed by atoms with E-state index in [9.17, 15) is 9.90 Å². The maximum Gasteiger partial charge on any atom is 0.330 e. The van der Waals surface area contributed by atoms with Gasteiger partial charge >= 0.3 is 5.97 Å². The number of hydrogen-bond acceptors (Lipinski definition) is 3. The molecule has 0 spiro atoms. The normalized spacial score (nSPS) is 24.8. The van der Waals surface area contributed by atoms with E-state index < -0.39 is 11.5 Å². The zero-order valence-corrected chi connectivity index (χ0v) is 10.4. The summed E-state index contributed by atoms with van der Waals surface area (Å²) < 4.78 is 0. The van der Waals surface area contributed by atoms with Crippen LogP contribution in [0.25, 0.3) is 0 Å². The van der Waals surface area contributed by atoms with E-state index in [-0.39, 0.29) is 0 Å². The van der Waals surface area contributed by atoms with Gasteiger partial charge in [-0.25, -0.2) is 4.79 Å². The number of rotatable bonds is 3. The molecular weight excluding hydrogens is 240 g/mol. The summed E-state index contributed by atoms with van der Waals surface area (Å²) in [5.74, 6) is -0.832. The number of para-hydroxylation sites is 1. The number of nitrogens with one attached hydrogen (secondary N) is 1. The molecule has 17 heavy (non-hydrogen) atoms. The van der Waals surface area contributed by atoms with Gasteiger partial charge in [0.05, 0.1) is 10.7 Å². The largest absolute Gasteiger partial charge is 0.479 e. The molecule has 2 rings (SSSR count). The predicted molar refractivity (Wildman–Crippen MR) is 67.6 cm³/mol. The molecule has 1 aromatic rings. The van der Waals surface area contributed by atoms with Crippen molar-refractivity contribution in [2.24, 2.45) is 0 Å². The molecule has 92 valence electrons. The molecule has 1 aromatic carbocycles. The van der Waals surface area contributed by atoms with Crippen LogP contribution < -0.4 is 5.32 Å². The number of hydrogen-bond donors (Lipinski definition) is 2. The predicted octanol–water partition coefficient (Wildman–Crippen LogP) is 1.91. The van der Waals surface area contributed by atoms with Crippen LogP contribution in [0.1, 0.15) is 6.42 Å². The van der Waals surface area contributed by atoms with E-state index in [0.717, 1.165) is 6.54 Å². The Morgan fingerprint density at radius 2 is 2.24 bits per heavy atom. The number of benzene rings is 1. The van der Waals surface area contributed by atoms with Crippen LogP contribution in [-0.4, -0.2) is 41.7 Å². The molecule has 0 saturated carbocycles. The fraction of sp³-hybridized carbons (Fsp3) is 0.417. The Kier molecular flexibility index (Phi) is 3.26. The number of anilines is 1. The second kappa shape index (κ2) is 4.55. The Hall–Kier alpha value is -1.26. The topological polar surface area (TPSA) is 52.6 Å². The summed E-state index contributed by atoms with van der Waals surface area (Å²) in [6, 6.07) is 7.20. The van der Waals surface area contributed by atoms with E-state index in [0.29, 0.717) is 23.7 Å². The van der Waals surface area contributed by atoms with Crippen LogP contribution in [0.5, 0.6) is 0 Å². The van der Waals surface area contributed by atoms with Crippen molar-refractivity contribution in [3.05, 3.63) is 29.3 Å². The first kappa shape index (κ1) is 12.2. The van der Waals surface area contributed by atoms with Crippen molar-refractivity contribution in [3.63, 3.8) is 0 Å². The van der Waals surface area contributed by atoms with Gasteiger partial charge in [-0.15, -0.1) is 0 Å². The minimum atomic E-state index is -0.931. The van der Waals surface area contributed by atoms with Crippen molar-refractivity contribution in [2.45, 2.75) is 12.0 Å². The molecule has 1 saturated heterocycles. The van der Waals surface area contributed by atoms with Gasteiger partial charge in [-0.1, -0.05) is 23.7 Å². The Morgan fingerprint density at radius 3 is 2.76 bits per heavy atom. The van der Waals surface area contributed by atoms with Crippen LogP contribution in [0, 0.1) is 0 Å². The summed E-state index contributed by atoms with van der Waals surface area (Å²) in [7, 11) is 1.92. The molecule has 5 heteroatoms. The number of aliphatic carboxylic acids is 1. The highest BCUT2D eigenvalue weighted by molar-refractivity contribution is 6.33. The number of likely N-dealkylation sites (N-methyl/N-ethyl adjacent to an activating group) is 1. The summed E-state index contributed by atoms with van der Waals surface area (Å²) in [5.41, 5.74) is -0.258. The van der Waals surface area contributed by atoms with Crippen LogP contribution in [0.3, 0.4) is 0 Å². The third kappa shape index (κ3) is 2.37. The second-order valence-corrected chi connectivity index (χ2v) is 4.89. The number of carboxylic acids is 1. The quantitative estimate of drug-likeness (QED) is 0.865. The van der Waals surface area contributed by atoms with Crippen LogP contribution in [0.4, 0.5) is 5.69 Å². The minimum Gasteiger partial charge on any atom is -0.479 e. The molecule has 1 fully saturated rings. The lowest BCUT2D eigenvalue weighted by Crippen LogP contribution is -2.48. The fourth-order valence-electron chi connectivity index (χ4n) is 2.15. The average molecular weight is 255 g/mol. The van der Waals surface area contributed by atoms with Crippen LogP contribution in [-0.2, 0) is 4.79 Å². The summed E-state index contributed by atoms with van der Waals surface area (Å²) in [5, 5.41) is 13.0. The van der Waals surface area contributed by atoms with Crippen molar-refractivity contribution in [3.8, 4) is 0 Å². The van der Waals surface area contributed by atoms with E-state index in [1.54, 1.807) is 12.1 Å². The smallest absolute Gasteiger partial charge is 0.330 e. The van der Waals surface area contributed by atoms with Crippen molar-refractivity contribution >= 4 is 23.3 Å². The van der Waals surface area contributed by atoms with Gasteiger partial charge in [0.25, 0.3) is 0 Å². The number of halogens is 1. The number of likely N-dealkylation sites (tertiary alicyclic amines) is 1. The van der Waals surface area contributed by atoms with Gasteiger partial charge in [0.15, 0.2) is 0 Å². The molecule has 2 N–H and O–H groups in total. The van der Waals surface area contributed by atoms with Crippen molar-refractivity contribution in [2.75, 3.05) is 25.5 Å². The third-order valence-corrected chi connectivity index (χ3v) is 3.45. The molecular formula is C12H15ClN2O2. The maximum atomic E-state index is 11.5. The molecule has 1 heterocycles. The summed E-state index contributed by atoms with van der Waals surface area (Å²) in [6.45, 7) is 1.25. The standard InChI is InChI=1S/C12H15ClN2O2/c1-15-7-6-12(8-15,11(16)17)14-10-5-3-2-4-9(10)13/h2-5,14H,6-8H2,1H3,(H,16,17). The van der Waals surface area contributed by atoms with Gasteiger partial charge in [-0.2, -0.15) is 0 Å². The highest BCUT2D eigenvalue weighted by Gasteiger charge is 2.44. The number of nitrogens with zero attached hydrogens (tertiary/aromatic N) is 1. The third-order valence-electron chi connectivity index (χ3n) is 3.12. The molecule has 0 bridgehead atoms. The SMILES string of the molecule is CN1CCC(Nc2ccccc2Cl)(C(=O)O)C1. The lowest BCUT2D eigenvalue weighted by atomic mass is 9.98. The molecule has 0 amide bonds. The van der Waals surface area contributed by atoms with Gasteiger partial charge in [0, 0.05) is 13.1 Å². The Bertz CT molecular complexity index is 438. The molecule has 1 atom stereocenters. The molecule has 1 unspecified atom stereocenters. The lowest BCUT2D eigenvalue weighted by Gasteiger charge is -2.27. The first-order valence-electron chi connectivity index (χ1n) is 5.48. The molecule has 0 aliphatic carbocycles. The minimum absolute atomic E-state index is 0.480. The first-order valence-corrected chi connectivity index (χ1v) is 5.86. The van der Waals surface area contributed by atoms with Gasteiger partial charge in [-0.05, 0) is 25.6 Å². The van der Waals surface area contributed by atoms with Gasteiger partial charge in [0.2, 0.25) is 0 Å². The van der Waals surface area contributed by atoms with Crippen LogP contribution in [0.15, 0.2) is 24.3 Å². The van der Waals surface area contributed by atoms with Crippen molar-refractivity contribution in [1.82, 2.24) is 4.90 Å². The number of carboxylic acid groups (broad SMARTS) is 1. The van der Waals surface area contributed by atoms with E-state index >= 15 is 0 Å². The van der Waals surface area contributed by atoms with Gasteiger partial charge in [-0.3, -0.25) is 0 Å². The van der Waals surface area contributed by atoms with Gasteiger partial charge < -0.3 is 15.3 Å². The van der Waals surface area contributed by atoms with Gasteiger partial charge in [0.1, 0.15) is 5.54 Å². The first-order chi connectivity index (χ1) is 8.03. The monoisotopic (exact) mass is 254 g/mol. The average Bonchev–Trinajstić information content (AvgIpc) is 2.65. The Labute approximate surface area is 105 Å². The molecule has 0 radical (unpaired) electrons. The highest BCUT2D eigenvalue weighted by Crippen LogP contribution is 2.29. The summed E-state index contributed by atoms with van der Waals surface area (Å²) in [4.78, 5) is 13.5. The van der Waals surface area contributed by atoms with E-state index in [1.165, 1.54) is 0 Å². The Balaban J connectivity index is 2.26. The van der Waals surface area contributed by atoms with Crippen LogP contribution >= 0.6 is 11.6 Å². The van der Waals surface area contributed by atoms with Crippen LogP contribution in [0.2, 0.25) is 5.02 Å². The fourth-order valence-corrected chi connectivity index (χ4v) is 2.33. The van der Waals surface area contributed by atoms with E-state index in [4.69, 9.17) is 11.6 Å².